The lowest BCUT2D eigenvalue weighted by molar-refractivity contribution is 0.0669. The normalized spacial score (nSPS) is 15.4. The van der Waals surface area contributed by atoms with Crippen LogP contribution in [0.4, 0.5) is 5.69 Å². The van der Waals surface area contributed by atoms with Gasteiger partial charge in [0.25, 0.3) is 15.9 Å². The van der Waals surface area contributed by atoms with Gasteiger partial charge in [0.1, 0.15) is 0 Å². The van der Waals surface area contributed by atoms with E-state index in [2.05, 4.69) is 11.9 Å². The fourth-order valence-corrected chi connectivity index (χ4v) is 6.26. The maximum absolute atomic E-state index is 13.2. The quantitative estimate of drug-likeness (QED) is 0.585. The van der Waals surface area contributed by atoms with Gasteiger partial charge in [-0.3, -0.25) is 9.10 Å². The molecule has 0 spiro atoms. The zero-order valence-corrected chi connectivity index (χ0v) is 19.7. The summed E-state index contributed by atoms with van der Waals surface area (Å²) in [5, 5.41) is 0.887. The highest BCUT2D eigenvalue weighted by Crippen LogP contribution is 2.32. The fourth-order valence-electron chi connectivity index (χ4n) is 3.79. The van der Waals surface area contributed by atoms with Crippen LogP contribution in [-0.4, -0.2) is 63.9 Å². The summed E-state index contributed by atoms with van der Waals surface area (Å²) >= 11 is 1.46. The molecule has 0 saturated carbocycles. The van der Waals surface area contributed by atoms with E-state index >= 15 is 0 Å². The number of benzene rings is 2. The number of carbonyl (C=O) groups is 1. The molecule has 31 heavy (non-hydrogen) atoms. The van der Waals surface area contributed by atoms with Crippen molar-refractivity contribution in [3.05, 3.63) is 59.0 Å². The third kappa shape index (κ3) is 4.33. The smallest absolute Gasteiger partial charge is 0.264 e. The van der Waals surface area contributed by atoms with Gasteiger partial charge in [0.2, 0.25) is 0 Å². The molecule has 0 radical (unpaired) electrons. The first-order valence-electron chi connectivity index (χ1n) is 10.4. The Bertz CT molecular complexity index is 1190. The molecule has 164 valence electrons. The van der Waals surface area contributed by atoms with Crippen LogP contribution in [0.3, 0.4) is 0 Å². The van der Waals surface area contributed by atoms with Gasteiger partial charge in [-0.05, 0) is 62.7 Å². The lowest BCUT2D eigenvalue weighted by atomic mass is 10.2. The first-order valence-corrected chi connectivity index (χ1v) is 12.7. The molecule has 1 fully saturated rings. The highest BCUT2D eigenvalue weighted by Gasteiger charge is 2.25. The number of hydrogen-bond donors (Lipinski definition) is 0. The molecule has 0 bridgehead atoms. The van der Waals surface area contributed by atoms with Gasteiger partial charge in [0.15, 0.2) is 0 Å². The second-order valence-electron chi connectivity index (χ2n) is 7.91. The van der Waals surface area contributed by atoms with Crippen molar-refractivity contribution in [3.8, 4) is 0 Å². The van der Waals surface area contributed by atoms with Crippen molar-refractivity contribution in [3.63, 3.8) is 0 Å². The number of aryl methyl sites for hydroxylation is 1. The van der Waals surface area contributed by atoms with E-state index in [1.54, 1.807) is 24.3 Å². The van der Waals surface area contributed by atoms with Gasteiger partial charge in [-0.2, -0.15) is 0 Å². The molecule has 1 aliphatic heterocycles. The minimum atomic E-state index is -3.66. The Morgan fingerprint density at radius 3 is 2.35 bits per heavy atom. The minimum absolute atomic E-state index is 0.0514. The summed E-state index contributed by atoms with van der Waals surface area (Å²) in [7, 11) is -1.60. The van der Waals surface area contributed by atoms with Crippen LogP contribution in [0, 0.1) is 6.92 Å². The summed E-state index contributed by atoms with van der Waals surface area (Å²) in [6.45, 7) is 7.29. The zero-order valence-electron chi connectivity index (χ0n) is 18.0. The minimum Gasteiger partial charge on any atom is -0.335 e. The van der Waals surface area contributed by atoms with Gasteiger partial charge in [-0.15, -0.1) is 11.3 Å². The summed E-state index contributed by atoms with van der Waals surface area (Å²) in [5.74, 6) is 0.0514. The maximum atomic E-state index is 13.2. The van der Waals surface area contributed by atoms with Crippen LogP contribution in [-0.2, 0) is 10.0 Å². The van der Waals surface area contributed by atoms with Crippen LogP contribution in [0.15, 0.2) is 53.4 Å². The summed E-state index contributed by atoms with van der Waals surface area (Å²) in [5.41, 5.74) is 1.62. The maximum Gasteiger partial charge on any atom is 0.264 e. The molecule has 1 saturated heterocycles. The molecule has 1 amide bonds. The predicted octanol–water partition coefficient (Wildman–Crippen LogP) is 3.81. The van der Waals surface area contributed by atoms with E-state index < -0.39 is 10.0 Å². The van der Waals surface area contributed by atoms with Crippen molar-refractivity contribution in [2.24, 2.45) is 0 Å². The van der Waals surface area contributed by atoms with E-state index in [9.17, 15) is 13.2 Å². The second kappa shape index (κ2) is 8.61. The number of carbonyl (C=O) groups excluding carboxylic acids is 1. The van der Waals surface area contributed by atoms with Crippen LogP contribution in [0.2, 0.25) is 0 Å². The summed E-state index contributed by atoms with van der Waals surface area (Å²) in [6.07, 6.45) is 0. The molecule has 6 nitrogen and oxygen atoms in total. The topological polar surface area (TPSA) is 60.9 Å². The molecule has 0 N–H and O–H groups in total. The highest BCUT2D eigenvalue weighted by molar-refractivity contribution is 7.92. The number of nitrogens with zero attached hydrogens (tertiary/aromatic N) is 3. The lowest BCUT2D eigenvalue weighted by Gasteiger charge is -2.32. The number of amides is 1. The van der Waals surface area contributed by atoms with Gasteiger partial charge in [-0.25, -0.2) is 8.42 Å². The number of piperazine rings is 1. The molecule has 2 heterocycles. The Morgan fingerprint density at radius 2 is 1.71 bits per heavy atom. The van der Waals surface area contributed by atoms with Crippen LogP contribution in [0.25, 0.3) is 10.1 Å². The predicted molar refractivity (Wildman–Crippen MR) is 127 cm³/mol. The van der Waals surface area contributed by atoms with Crippen LogP contribution in [0.1, 0.15) is 22.2 Å². The Hall–Kier alpha value is -2.42. The molecule has 1 aliphatic rings. The van der Waals surface area contributed by atoms with Crippen molar-refractivity contribution in [1.82, 2.24) is 9.80 Å². The summed E-state index contributed by atoms with van der Waals surface area (Å²) in [6, 6.07) is 14.4. The Labute approximate surface area is 187 Å². The van der Waals surface area contributed by atoms with E-state index in [-0.39, 0.29) is 10.8 Å². The van der Waals surface area contributed by atoms with Gasteiger partial charge in [0.05, 0.1) is 15.5 Å². The van der Waals surface area contributed by atoms with E-state index in [4.69, 9.17) is 0 Å². The Morgan fingerprint density at radius 1 is 1.03 bits per heavy atom. The largest absolute Gasteiger partial charge is 0.335 e. The van der Waals surface area contributed by atoms with Crippen molar-refractivity contribution in [2.75, 3.05) is 44.1 Å². The second-order valence-corrected chi connectivity index (χ2v) is 10.9. The number of fused-ring (bicyclic) bond motifs is 1. The first kappa shape index (κ1) is 21.8. The Balaban J connectivity index is 1.63. The first-order chi connectivity index (χ1) is 14.8. The molecule has 2 aromatic carbocycles. The summed E-state index contributed by atoms with van der Waals surface area (Å²) in [4.78, 5) is 18.0. The van der Waals surface area contributed by atoms with Gasteiger partial charge >= 0.3 is 0 Å². The van der Waals surface area contributed by atoms with Crippen molar-refractivity contribution < 1.29 is 13.2 Å². The molecule has 0 aliphatic carbocycles. The third-order valence-corrected chi connectivity index (χ3v) is 8.71. The van der Waals surface area contributed by atoms with E-state index in [1.807, 2.05) is 43.0 Å². The van der Waals surface area contributed by atoms with Gasteiger partial charge in [-0.1, -0.05) is 17.7 Å². The van der Waals surface area contributed by atoms with Crippen molar-refractivity contribution in [1.29, 1.82) is 0 Å². The average Bonchev–Trinajstić information content (AvgIpc) is 3.18. The van der Waals surface area contributed by atoms with Crippen LogP contribution in [0.5, 0.6) is 0 Å². The van der Waals surface area contributed by atoms with Crippen molar-refractivity contribution in [2.45, 2.75) is 18.7 Å². The van der Waals surface area contributed by atoms with Crippen LogP contribution < -0.4 is 4.31 Å². The number of thiophene rings is 1. The molecule has 0 unspecified atom stereocenters. The fraction of sp³-hybridized carbons (Fsp3) is 0.348. The molecular weight excluding hydrogens is 430 g/mol. The number of rotatable bonds is 5. The molecular formula is C23H27N3O3S2. The molecule has 1 aromatic heterocycles. The summed E-state index contributed by atoms with van der Waals surface area (Å²) < 4.78 is 28.8. The number of anilines is 1. The monoisotopic (exact) mass is 457 g/mol. The Kier molecular flexibility index (Phi) is 6.05. The third-order valence-electron chi connectivity index (χ3n) is 5.69. The number of sulfonamides is 1. The number of likely N-dealkylation sites (N-methyl/N-ethyl adjacent to an activating group) is 1. The molecule has 0 atom stereocenters. The molecule has 4 rings (SSSR count). The molecule has 3 aromatic rings. The van der Waals surface area contributed by atoms with Gasteiger partial charge < -0.3 is 9.80 Å². The van der Waals surface area contributed by atoms with Crippen molar-refractivity contribution >= 4 is 43.0 Å². The lowest BCUT2D eigenvalue weighted by Crippen LogP contribution is -2.46. The van der Waals surface area contributed by atoms with Gasteiger partial charge in [0, 0.05) is 37.4 Å². The average molecular weight is 458 g/mol. The van der Waals surface area contributed by atoms with E-state index in [0.717, 1.165) is 41.8 Å². The zero-order chi connectivity index (χ0) is 22.2. The highest BCUT2D eigenvalue weighted by atomic mass is 32.2. The van der Waals surface area contributed by atoms with E-state index in [0.29, 0.717) is 17.1 Å². The van der Waals surface area contributed by atoms with E-state index in [1.165, 1.54) is 15.6 Å². The SMILES string of the molecule is CCN(c1ccc2sc(C(=O)N3CCN(C)CC3)cc2c1)S(=O)(=O)c1ccc(C)cc1. The molecule has 8 heteroatoms. The number of hydrogen-bond acceptors (Lipinski definition) is 5. The van der Waals surface area contributed by atoms with Crippen LogP contribution >= 0.6 is 11.3 Å². The standard InChI is InChI=1S/C23H27N3O3S2/c1-4-26(31(28,29)20-8-5-17(2)6-9-20)19-7-10-21-18(15-19)16-22(30-21)23(27)25-13-11-24(3)12-14-25/h5-10,15-16H,4,11-14H2,1-3H3.